The first-order valence-electron chi connectivity index (χ1n) is 8.69. The van der Waals surface area contributed by atoms with Crippen LogP contribution in [-0.4, -0.2) is 31.8 Å². The molecular weight excluding hydrogens is 290 g/mol. The summed E-state index contributed by atoms with van der Waals surface area (Å²) in [6.07, 6.45) is 4.42. The standard InChI is InChI=1S/C19H27NO3/c1-14(2)15-3-5-16(6-4-15)23-13-18(21)20-17-7-8-19(17)9-11-22-12-10-19/h3-6,14,17H,7-13H2,1-2H3,(H,20,21). The van der Waals surface area contributed by atoms with Gasteiger partial charge in [0.05, 0.1) is 0 Å². The molecular formula is C19H27NO3. The van der Waals surface area contributed by atoms with Gasteiger partial charge in [-0.2, -0.15) is 0 Å². The Kier molecular flexibility index (Phi) is 4.90. The highest BCUT2D eigenvalue weighted by Gasteiger charge is 2.47. The van der Waals surface area contributed by atoms with E-state index in [0.717, 1.165) is 38.2 Å². The number of amides is 1. The van der Waals surface area contributed by atoms with Gasteiger partial charge in [-0.15, -0.1) is 0 Å². The summed E-state index contributed by atoms with van der Waals surface area (Å²) in [5, 5.41) is 3.16. The average molecular weight is 317 g/mol. The molecule has 3 rings (SSSR count). The van der Waals surface area contributed by atoms with E-state index >= 15 is 0 Å². The van der Waals surface area contributed by atoms with Gasteiger partial charge in [0.25, 0.3) is 5.91 Å². The zero-order valence-corrected chi connectivity index (χ0v) is 14.1. The van der Waals surface area contributed by atoms with Crippen LogP contribution in [0.1, 0.15) is 51.0 Å². The van der Waals surface area contributed by atoms with Gasteiger partial charge in [-0.05, 0) is 54.7 Å². The second kappa shape index (κ2) is 6.91. The van der Waals surface area contributed by atoms with E-state index in [9.17, 15) is 4.79 Å². The Morgan fingerprint density at radius 3 is 2.52 bits per heavy atom. The molecule has 1 saturated carbocycles. The summed E-state index contributed by atoms with van der Waals surface area (Å²) >= 11 is 0. The van der Waals surface area contributed by atoms with Crippen LogP contribution in [0.2, 0.25) is 0 Å². The van der Waals surface area contributed by atoms with E-state index in [-0.39, 0.29) is 17.9 Å². The molecule has 1 amide bonds. The van der Waals surface area contributed by atoms with Crippen molar-refractivity contribution in [3.05, 3.63) is 29.8 Å². The van der Waals surface area contributed by atoms with Crippen molar-refractivity contribution in [1.29, 1.82) is 0 Å². The lowest BCUT2D eigenvalue weighted by molar-refractivity contribution is -0.129. The monoisotopic (exact) mass is 317 g/mol. The lowest BCUT2D eigenvalue weighted by atomic mass is 9.60. The molecule has 4 nitrogen and oxygen atoms in total. The molecule has 1 spiro atoms. The molecule has 126 valence electrons. The van der Waals surface area contributed by atoms with Crippen molar-refractivity contribution in [3.63, 3.8) is 0 Å². The van der Waals surface area contributed by atoms with Crippen molar-refractivity contribution in [2.45, 2.75) is 51.5 Å². The van der Waals surface area contributed by atoms with Crippen molar-refractivity contribution >= 4 is 5.91 Å². The molecule has 1 aliphatic carbocycles. The fraction of sp³-hybridized carbons (Fsp3) is 0.632. The summed E-state index contributed by atoms with van der Waals surface area (Å²) in [4.78, 5) is 12.2. The first kappa shape index (κ1) is 16.3. The summed E-state index contributed by atoms with van der Waals surface area (Å²) in [5.74, 6) is 1.23. The summed E-state index contributed by atoms with van der Waals surface area (Å²) < 4.78 is 11.1. The van der Waals surface area contributed by atoms with Crippen LogP contribution < -0.4 is 10.1 Å². The van der Waals surface area contributed by atoms with Crippen LogP contribution in [0.5, 0.6) is 5.75 Å². The molecule has 0 radical (unpaired) electrons. The highest BCUT2D eigenvalue weighted by molar-refractivity contribution is 5.78. The van der Waals surface area contributed by atoms with Crippen molar-refractivity contribution in [2.75, 3.05) is 19.8 Å². The third-order valence-corrected chi connectivity index (χ3v) is 5.41. The van der Waals surface area contributed by atoms with Gasteiger partial charge >= 0.3 is 0 Å². The Morgan fingerprint density at radius 2 is 1.96 bits per heavy atom. The highest BCUT2D eigenvalue weighted by atomic mass is 16.5. The Hall–Kier alpha value is -1.55. The molecule has 1 aromatic carbocycles. The molecule has 1 heterocycles. The van der Waals surface area contributed by atoms with Crippen molar-refractivity contribution in [3.8, 4) is 5.75 Å². The molecule has 1 saturated heterocycles. The SMILES string of the molecule is CC(C)c1ccc(OCC(=O)NC2CCC23CCOCC3)cc1. The van der Waals surface area contributed by atoms with Gasteiger partial charge in [0.1, 0.15) is 5.75 Å². The highest BCUT2D eigenvalue weighted by Crippen LogP contribution is 2.48. The number of carbonyl (C=O) groups is 1. The number of carbonyl (C=O) groups excluding carboxylic acids is 1. The lowest BCUT2D eigenvalue weighted by Crippen LogP contribution is -2.57. The molecule has 1 aliphatic heterocycles. The van der Waals surface area contributed by atoms with Crippen LogP contribution in [0.3, 0.4) is 0 Å². The lowest BCUT2D eigenvalue weighted by Gasteiger charge is -2.52. The Balaban J connectivity index is 1.46. The maximum absolute atomic E-state index is 12.2. The summed E-state index contributed by atoms with van der Waals surface area (Å²) in [7, 11) is 0. The van der Waals surface area contributed by atoms with Gasteiger partial charge in [-0.1, -0.05) is 26.0 Å². The molecule has 0 bridgehead atoms. The van der Waals surface area contributed by atoms with Crippen molar-refractivity contribution in [1.82, 2.24) is 5.32 Å². The Labute approximate surface area is 138 Å². The minimum absolute atomic E-state index is 0.0199. The van der Waals surface area contributed by atoms with E-state index < -0.39 is 0 Å². The number of rotatable bonds is 5. The summed E-state index contributed by atoms with van der Waals surface area (Å²) in [5.41, 5.74) is 1.56. The van der Waals surface area contributed by atoms with Crippen molar-refractivity contribution in [2.24, 2.45) is 5.41 Å². The van der Waals surface area contributed by atoms with Gasteiger partial charge in [0, 0.05) is 19.3 Å². The third-order valence-electron chi connectivity index (χ3n) is 5.41. The molecule has 4 heteroatoms. The number of hydrogen-bond acceptors (Lipinski definition) is 3. The fourth-order valence-electron chi connectivity index (χ4n) is 3.63. The topological polar surface area (TPSA) is 47.6 Å². The number of hydrogen-bond donors (Lipinski definition) is 1. The predicted octanol–water partition coefficient (Wildman–Crippen LogP) is 3.26. The fourth-order valence-corrected chi connectivity index (χ4v) is 3.63. The van der Waals surface area contributed by atoms with Crippen molar-refractivity contribution < 1.29 is 14.3 Å². The smallest absolute Gasteiger partial charge is 0.258 e. The number of benzene rings is 1. The molecule has 1 aromatic rings. The van der Waals surface area contributed by atoms with E-state index in [4.69, 9.17) is 9.47 Å². The normalized spacial score (nSPS) is 22.7. The molecule has 1 N–H and O–H groups in total. The molecule has 0 aromatic heterocycles. The van der Waals surface area contributed by atoms with E-state index in [0.29, 0.717) is 12.0 Å². The Morgan fingerprint density at radius 1 is 1.26 bits per heavy atom. The summed E-state index contributed by atoms with van der Waals surface area (Å²) in [6.45, 7) is 6.06. The third kappa shape index (κ3) is 3.69. The second-order valence-electron chi connectivity index (χ2n) is 7.15. The molecule has 2 fully saturated rings. The van der Waals surface area contributed by atoms with Gasteiger partial charge in [0.2, 0.25) is 0 Å². The minimum atomic E-state index is -0.0199. The van der Waals surface area contributed by atoms with Crippen LogP contribution in [0, 0.1) is 5.41 Å². The van der Waals surface area contributed by atoms with Gasteiger partial charge in [-0.3, -0.25) is 4.79 Å². The average Bonchev–Trinajstić information content (AvgIpc) is 2.58. The van der Waals surface area contributed by atoms with E-state index in [1.165, 1.54) is 12.0 Å². The quantitative estimate of drug-likeness (QED) is 0.907. The van der Waals surface area contributed by atoms with E-state index in [2.05, 4.69) is 31.3 Å². The maximum atomic E-state index is 12.2. The predicted molar refractivity (Wildman–Crippen MR) is 89.7 cm³/mol. The van der Waals surface area contributed by atoms with Crippen LogP contribution in [-0.2, 0) is 9.53 Å². The molecule has 1 unspecified atom stereocenters. The second-order valence-corrected chi connectivity index (χ2v) is 7.15. The molecule has 23 heavy (non-hydrogen) atoms. The zero-order valence-electron chi connectivity index (χ0n) is 14.1. The van der Waals surface area contributed by atoms with Gasteiger partial charge < -0.3 is 14.8 Å². The molecule has 2 aliphatic rings. The molecule has 1 atom stereocenters. The maximum Gasteiger partial charge on any atom is 0.258 e. The largest absolute Gasteiger partial charge is 0.484 e. The summed E-state index contributed by atoms with van der Waals surface area (Å²) in [6, 6.07) is 8.28. The zero-order chi connectivity index (χ0) is 16.3. The van der Waals surface area contributed by atoms with Crippen LogP contribution >= 0.6 is 0 Å². The Bertz CT molecular complexity index is 532. The minimum Gasteiger partial charge on any atom is -0.484 e. The van der Waals surface area contributed by atoms with E-state index in [1.54, 1.807) is 0 Å². The van der Waals surface area contributed by atoms with Gasteiger partial charge in [-0.25, -0.2) is 0 Å². The van der Waals surface area contributed by atoms with E-state index in [1.807, 2.05) is 12.1 Å². The number of nitrogens with one attached hydrogen (secondary N) is 1. The van der Waals surface area contributed by atoms with Crippen LogP contribution in [0.4, 0.5) is 0 Å². The number of ether oxygens (including phenoxy) is 2. The van der Waals surface area contributed by atoms with Crippen LogP contribution in [0.25, 0.3) is 0 Å². The first-order valence-corrected chi connectivity index (χ1v) is 8.69. The van der Waals surface area contributed by atoms with Gasteiger partial charge in [0.15, 0.2) is 6.61 Å². The first-order chi connectivity index (χ1) is 11.1. The van der Waals surface area contributed by atoms with Crippen LogP contribution in [0.15, 0.2) is 24.3 Å².